The number of carbonyl (C=O) groups excluding carboxylic acids is 1. The standard InChI is InChI=1S/C25H29N3O3/c29-17-15-22-8-4-5-16-28(22)25(30)14-13-23-26-27-24(31-23)18-19-9-11-21(12-10-19)20-6-2-1-3-7-20/h1-3,6-7,9-12,22,29H,4-5,8,13-18H2/t22-/m1/s1. The summed E-state index contributed by atoms with van der Waals surface area (Å²) in [5.74, 6) is 1.17. The molecule has 1 amide bonds. The van der Waals surface area contributed by atoms with Gasteiger partial charge in [-0.2, -0.15) is 0 Å². The molecule has 0 radical (unpaired) electrons. The molecule has 1 aliphatic rings. The third-order valence-corrected chi connectivity index (χ3v) is 5.89. The predicted octanol–water partition coefficient (Wildman–Crippen LogP) is 4.02. The lowest BCUT2D eigenvalue weighted by molar-refractivity contribution is -0.135. The monoisotopic (exact) mass is 419 g/mol. The quantitative estimate of drug-likeness (QED) is 0.596. The molecule has 31 heavy (non-hydrogen) atoms. The van der Waals surface area contributed by atoms with Crippen LogP contribution in [0.2, 0.25) is 0 Å². The second kappa shape index (κ2) is 10.4. The highest BCUT2D eigenvalue weighted by Gasteiger charge is 2.26. The number of nitrogens with zero attached hydrogens (tertiary/aromatic N) is 3. The molecule has 0 spiro atoms. The van der Waals surface area contributed by atoms with Crippen molar-refractivity contribution in [2.24, 2.45) is 0 Å². The topological polar surface area (TPSA) is 79.5 Å². The summed E-state index contributed by atoms with van der Waals surface area (Å²) in [5, 5.41) is 17.5. The number of carbonyl (C=O) groups is 1. The highest BCUT2D eigenvalue weighted by molar-refractivity contribution is 5.76. The Labute approximate surface area is 182 Å². The smallest absolute Gasteiger partial charge is 0.223 e. The Kier molecular flexibility index (Phi) is 7.10. The van der Waals surface area contributed by atoms with Crippen LogP contribution in [0.5, 0.6) is 0 Å². The maximum absolute atomic E-state index is 12.7. The molecule has 0 saturated carbocycles. The van der Waals surface area contributed by atoms with Gasteiger partial charge < -0.3 is 14.4 Å². The van der Waals surface area contributed by atoms with E-state index in [2.05, 4.69) is 46.6 Å². The summed E-state index contributed by atoms with van der Waals surface area (Å²) in [4.78, 5) is 14.6. The number of amides is 1. The Bertz CT molecular complexity index is 967. The van der Waals surface area contributed by atoms with Gasteiger partial charge in [0.1, 0.15) is 0 Å². The largest absolute Gasteiger partial charge is 0.425 e. The van der Waals surface area contributed by atoms with Crippen molar-refractivity contribution in [3.05, 3.63) is 71.9 Å². The van der Waals surface area contributed by atoms with E-state index in [4.69, 9.17) is 4.42 Å². The molecule has 6 heteroatoms. The van der Waals surface area contributed by atoms with Crippen LogP contribution in [-0.2, 0) is 17.6 Å². The van der Waals surface area contributed by atoms with Crippen molar-refractivity contribution in [2.45, 2.75) is 51.0 Å². The lowest BCUT2D eigenvalue weighted by Crippen LogP contribution is -2.44. The summed E-state index contributed by atoms with van der Waals surface area (Å²) in [5.41, 5.74) is 3.46. The van der Waals surface area contributed by atoms with Crippen LogP contribution >= 0.6 is 0 Å². The molecule has 1 aromatic heterocycles. The fourth-order valence-electron chi connectivity index (χ4n) is 4.22. The van der Waals surface area contributed by atoms with Crippen molar-refractivity contribution >= 4 is 5.91 Å². The maximum Gasteiger partial charge on any atom is 0.223 e. The number of rotatable bonds is 8. The molecule has 1 N–H and O–H groups in total. The molecule has 2 heterocycles. The molecule has 6 nitrogen and oxygen atoms in total. The van der Waals surface area contributed by atoms with Crippen molar-refractivity contribution in [3.63, 3.8) is 0 Å². The second-order valence-electron chi connectivity index (χ2n) is 8.08. The lowest BCUT2D eigenvalue weighted by Gasteiger charge is -2.35. The van der Waals surface area contributed by atoms with Crippen LogP contribution in [-0.4, -0.2) is 45.3 Å². The van der Waals surface area contributed by atoms with Gasteiger partial charge in [-0.3, -0.25) is 4.79 Å². The van der Waals surface area contributed by atoms with E-state index in [1.54, 1.807) is 0 Å². The fourth-order valence-corrected chi connectivity index (χ4v) is 4.22. The van der Waals surface area contributed by atoms with E-state index in [1.165, 1.54) is 11.1 Å². The van der Waals surface area contributed by atoms with Gasteiger partial charge in [0, 0.05) is 32.0 Å². The van der Waals surface area contributed by atoms with E-state index < -0.39 is 0 Å². The van der Waals surface area contributed by atoms with Crippen LogP contribution in [0.1, 0.15) is 49.4 Å². The minimum Gasteiger partial charge on any atom is -0.425 e. The maximum atomic E-state index is 12.7. The number of hydrogen-bond acceptors (Lipinski definition) is 5. The number of likely N-dealkylation sites (tertiary alicyclic amines) is 1. The zero-order chi connectivity index (χ0) is 21.5. The number of aliphatic hydroxyl groups is 1. The molecule has 0 aliphatic carbocycles. The van der Waals surface area contributed by atoms with E-state index in [-0.39, 0.29) is 18.6 Å². The Morgan fingerprint density at radius 2 is 1.74 bits per heavy atom. The third-order valence-electron chi connectivity index (χ3n) is 5.89. The van der Waals surface area contributed by atoms with Crippen molar-refractivity contribution in [1.29, 1.82) is 0 Å². The van der Waals surface area contributed by atoms with Gasteiger partial charge in [0.25, 0.3) is 0 Å². The van der Waals surface area contributed by atoms with Gasteiger partial charge in [-0.15, -0.1) is 10.2 Å². The number of hydrogen-bond donors (Lipinski definition) is 1. The number of piperidine rings is 1. The van der Waals surface area contributed by atoms with Gasteiger partial charge in [0.2, 0.25) is 17.7 Å². The molecule has 1 saturated heterocycles. The highest BCUT2D eigenvalue weighted by Crippen LogP contribution is 2.22. The first-order valence-corrected chi connectivity index (χ1v) is 11.1. The molecule has 0 unspecified atom stereocenters. The SMILES string of the molecule is O=C(CCc1nnc(Cc2ccc(-c3ccccc3)cc2)o1)N1CCCC[C@@H]1CCO. The van der Waals surface area contributed by atoms with E-state index in [0.29, 0.717) is 37.5 Å². The molecule has 4 rings (SSSR count). The first kappa shape index (κ1) is 21.2. The zero-order valence-electron chi connectivity index (χ0n) is 17.7. The average molecular weight is 420 g/mol. The Morgan fingerprint density at radius 1 is 1.00 bits per heavy atom. The summed E-state index contributed by atoms with van der Waals surface area (Å²) < 4.78 is 5.78. The van der Waals surface area contributed by atoms with Gasteiger partial charge in [0.05, 0.1) is 6.42 Å². The minimum atomic E-state index is 0.106. The molecule has 162 valence electrons. The van der Waals surface area contributed by atoms with Gasteiger partial charge in [-0.25, -0.2) is 0 Å². The molecular weight excluding hydrogens is 390 g/mol. The van der Waals surface area contributed by atoms with Crippen LogP contribution in [0.3, 0.4) is 0 Å². The Morgan fingerprint density at radius 3 is 2.52 bits per heavy atom. The average Bonchev–Trinajstić information content (AvgIpc) is 3.26. The van der Waals surface area contributed by atoms with E-state index >= 15 is 0 Å². The molecule has 1 fully saturated rings. The van der Waals surface area contributed by atoms with Crippen LogP contribution in [0.4, 0.5) is 0 Å². The van der Waals surface area contributed by atoms with Gasteiger partial charge in [0.15, 0.2) is 0 Å². The number of aryl methyl sites for hydroxylation is 1. The van der Waals surface area contributed by atoms with Gasteiger partial charge in [-0.1, -0.05) is 54.6 Å². The molecule has 1 aliphatic heterocycles. The molecule has 3 aromatic rings. The summed E-state index contributed by atoms with van der Waals surface area (Å²) in [6.45, 7) is 0.894. The fraction of sp³-hybridized carbons (Fsp3) is 0.400. The van der Waals surface area contributed by atoms with Crippen molar-refractivity contribution in [3.8, 4) is 11.1 Å². The molecule has 1 atom stereocenters. The van der Waals surface area contributed by atoms with Crippen molar-refractivity contribution in [2.75, 3.05) is 13.2 Å². The van der Waals surface area contributed by atoms with Gasteiger partial charge in [-0.05, 0) is 42.4 Å². The predicted molar refractivity (Wildman–Crippen MR) is 118 cm³/mol. The van der Waals surface area contributed by atoms with Gasteiger partial charge >= 0.3 is 0 Å². The van der Waals surface area contributed by atoms with E-state index in [0.717, 1.165) is 31.4 Å². The van der Waals surface area contributed by atoms with Crippen molar-refractivity contribution < 1.29 is 14.3 Å². The van der Waals surface area contributed by atoms with Crippen LogP contribution in [0, 0.1) is 0 Å². The van der Waals surface area contributed by atoms with Crippen molar-refractivity contribution in [1.82, 2.24) is 15.1 Å². The van der Waals surface area contributed by atoms with E-state index in [9.17, 15) is 9.90 Å². The summed E-state index contributed by atoms with van der Waals surface area (Å²) in [6.07, 6.45) is 5.14. The Balaban J connectivity index is 1.31. The normalized spacial score (nSPS) is 16.4. The van der Waals surface area contributed by atoms with E-state index in [1.807, 2.05) is 23.1 Å². The summed E-state index contributed by atoms with van der Waals surface area (Å²) in [6, 6.07) is 18.8. The van der Waals surface area contributed by atoms with Crippen LogP contribution in [0.25, 0.3) is 11.1 Å². The number of aromatic nitrogens is 2. The first-order valence-electron chi connectivity index (χ1n) is 11.1. The second-order valence-corrected chi connectivity index (χ2v) is 8.08. The molecular formula is C25H29N3O3. The third kappa shape index (κ3) is 5.58. The minimum absolute atomic E-state index is 0.106. The molecule has 0 bridgehead atoms. The highest BCUT2D eigenvalue weighted by atomic mass is 16.4. The zero-order valence-corrected chi connectivity index (χ0v) is 17.7. The van der Waals surface area contributed by atoms with Crippen LogP contribution < -0.4 is 0 Å². The lowest BCUT2D eigenvalue weighted by atomic mass is 9.99. The number of benzene rings is 2. The number of aliphatic hydroxyl groups excluding tert-OH is 1. The summed E-state index contributed by atoms with van der Waals surface area (Å²) in [7, 11) is 0. The summed E-state index contributed by atoms with van der Waals surface area (Å²) >= 11 is 0. The van der Waals surface area contributed by atoms with Crippen LogP contribution in [0.15, 0.2) is 59.0 Å². The molecule has 2 aromatic carbocycles. The first-order chi connectivity index (χ1) is 15.2. The Hall–Kier alpha value is -2.99.